The average Bonchev–Trinajstić information content (AvgIpc) is 3.03. The van der Waals surface area contributed by atoms with Crippen LogP contribution in [0.25, 0.3) is 0 Å². The molecule has 5 heteroatoms. The first-order valence-corrected chi connectivity index (χ1v) is 8.04. The number of hydrogen-bond donors (Lipinski definition) is 1. The van der Waals surface area contributed by atoms with Crippen molar-refractivity contribution in [1.29, 1.82) is 0 Å². The highest BCUT2D eigenvalue weighted by molar-refractivity contribution is 9.10. The topological polar surface area (TPSA) is 41.6 Å². The van der Waals surface area contributed by atoms with E-state index in [1.54, 1.807) is 0 Å². The molecule has 106 valence electrons. The highest BCUT2D eigenvalue weighted by Crippen LogP contribution is 2.41. The monoisotopic (exact) mass is 336 g/mol. The van der Waals surface area contributed by atoms with Crippen LogP contribution in [-0.2, 0) is 11.2 Å². The van der Waals surface area contributed by atoms with Gasteiger partial charge in [0.25, 0.3) is 0 Å². The Morgan fingerprint density at radius 3 is 3.15 bits per heavy atom. The van der Waals surface area contributed by atoms with Crippen LogP contribution >= 0.6 is 15.9 Å². The molecule has 3 heterocycles. The summed E-state index contributed by atoms with van der Waals surface area (Å²) in [6.07, 6.45) is 4.20. The Labute approximate surface area is 126 Å². The van der Waals surface area contributed by atoms with Crippen molar-refractivity contribution in [3.05, 3.63) is 27.7 Å². The van der Waals surface area contributed by atoms with Gasteiger partial charge in [0, 0.05) is 23.0 Å². The predicted molar refractivity (Wildman–Crippen MR) is 78.6 cm³/mol. The Hall–Kier alpha value is -1.07. The molecule has 0 bridgehead atoms. The molecule has 0 saturated carbocycles. The second-order valence-electron chi connectivity index (χ2n) is 5.74. The number of hydrogen-bond acceptors (Lipinski definition) is 3. The van der Waals surface area contributed by atoms with Crippen molar-refractivity contribution >= 4 is 21.8 Å². The van der Waals surface area contributed by atoms with Crippen LogP contribution in [0.5, 0.6) is 5.75 Å². The van der Waals surface area contributed by atoms with Gasteiger partial charge >= 0.3 is 0 Å². The number of carbonyl (C=O) groups is 1. The minimum atomic E-state index is -0.0304. The highest BCUT2D eigenvalue weighted by atomic mass is 79.9. The molecule has 3 aliphatic heterocycles. The van der Waals surface area contributed by atoms with E-state index in [0.717, 1.165) is 48.2 Å². The summed E-state index contributed by atoms with van der Waals surface area (Å²) >= 11 is 3.58. The van der Waals surface area contributed by atoms with Gasteiger partial charge in [-0.1, -0.05) is 22.4 Å². The summed E-state index contributed by atoms with van der Waals surface area (Å²) in [5.41, 5.74) is 2.34. The summed E-state index contributed by atoms with van der Waals surface area (Å²) < 4.78 is 6.87. The average molecular weight is 337 g/mol. The van der Waals surface area contributed by atoms with Gasteiger partial charge in [-0.25, -0.2) is 0 Å². The van der Waals surface area contributed by atoms with Gasteiger partial charge in [0.05, 0.1) is 12.6 Å². The summed E-state index contributed by atoms with van der Waals surface area (Å²) in [6.45, 7) is 1.72. The Morgan fingerprint density at radius 2 is 2.25 bits per heavy atom. The molecule has 2 fully saturated rings. The van der Waals surface area contributed by atoms with Crippen LogP contribution in [0.4, 0.5) is 0 Å². The zero-order chi connectivity index (χ0) is 13.7. The van der Waals surface area contributed by atoms with E-state index in [9.17, 15) is 4.79 Å². The normalized spacial score (nSPS) is 28.8. The van der Waals surface area contributed by atoms with Crippen LogP contribution < -0.4 is 10.1 Å². The van der Waals surface area contributed by atoms with Crippen molar-refractivity contribution in [3.8, 4) is 5.75 Å². The molecule has 1 aromatic rings. The van der Waals surface area contributed by atoms with Gasteiger partial charge in [0.1, 0.15) is 11.9 Å². The second-order valence-corrected chi connectivity index (χ2v) is 6.66. The van der Waals surface area contributed by atoms with Crippen LogP contribution in [0.15, 0.2) is 16.6 Å². The number of rotatable bonds is 1. The molecule has 0 aromatic heterocycles. The van der Waals surface area contributed by atoms with Crippen molar-refractivity contribution < 1.29 is 9.53 Å². The van der Waals surface area contributed by atoms with Crippen molar-refractivity contribution in [2.24, 2.45) is 0 Å². The molecule has 2 saturated heterocycles. The van der Waals surface area contributed by atoms with Crippen molar-refractivity contribution in [2.45, 2.75) is 37.9 Å². The number of ether oxygens (including phenoxy) is 1. The van der Waals surface area contributed by atoms with E-state index in [1.165, 1.54) is 12.0 Å². The second kappa shape index (κ2) is 4.74. The molecule has 3 aliphatic rings. The minimum absolute atomic E-state index is 0.0304. The molecule has 4 rings (SSSR count). The molecule has 0 unspecified atom stereocenters. The maximum atomic E-state index is 12.2. The number of amides is 1. The lowest BCUT2D eigenvalue weighted by molar-refractivity contribution is -0.122. The van der Waals surface area contributed by atoms with Crippen LogP contribution in [0, 0.1) is 0 Å². The lowest BCUT2D eigenvalue weighted by Crippen LogP contribution is -2.38. The highest BCUT2D eigenvalue weighted by Gasteiger charge is 2.43. The van der Waals surface area contributed by atoms with Crippen LogP contribution in [-0.4, -0.2) is 30.0 Å². The van der Waals surface area contributed by atoms with Crippen molar-refractivity contribution in [3.63, 3.8) is 0 Å². The Bertz CT molecular complexity index is 575. The molecule has 1 N–H and O–H groups in total. The minimum Gasteiger partial charge on any atom is -0.493 e. The fourth-order valence-electron chi connectivity index (χ4n) is 3.62. The van der Waals surface area contributed by atoms with Crippen LogP contribution in [0.1, 0.15) is 36.6 Å². The lowest BCUT2D eigenvalue weighted by Gasteiger charge is -2.32. The summed E-state index contributed by atoms with van der Waals surface area (Å²) in [5, 5.41) is 3.16. The van der Waals surface area contributed by atoms with Crippen molar-refractivity contribution in [2.75, 3.05) is 13.2 Å². The van der Waals surface area contributed by atoms with E-state index in [1.807, 2.05) is 0 Å². The van der Waals surface area contributed by atoms with Gasteiger partial charge in [0.15, 0.2) is 0 Å². The predicted octanol–water partition coefficient (Wildman–Crippen LogP) is 2.37. The zero-order valence-electron chi connectivity index (χ0n) is 11.2. The third-order valence-electron chi connectivity index (χ3n) is 4.53. The maximum Gasteiger partial charge on any atom is 0.238 e. The molecule has 0 spiro atoms. The summed E-state index contributed by atoms with van der Waals surface area (Å²) in [7, 11) is 0. The molecule has 0 aliphatic carbocycles. The first-order valence-electron chi connectivity index (χ1n) is 7.25. The Kier molecular flexibility index (Phi) is 3.00. The fourth-order valence-corrected chi connectivity index (χ4v) is 4.14. The first-order chi connectivity index (χ1) is 9.74. The van der Waals surface area contributed by atoms with E-state index < -0.39 is 0 Å². The van der Waals surface area contributed by atoms with Gasteiger partial charge in [-0.3, -0.25) is 9.69 Å². The molecule has 20 heavy (non-hydrogen) atoms. The summed E-state index contributed by atoms with van der Waals surface area (Å²) in [5.74, 6) is 1.14. The largest absolute Gasteiger partial charge is 0.493 e. The number of carbonyl (C=O) groups excluding carboxylic acids is 1. The van der Waals surface area contributed by atoms with Gasteiger partial charge < -0.3 is 10.1 Å². The molecular weight excluding hydrogens is 320 g/mol. The van der Waals surface area contributed by atoms with Gasteiger partial charge in [0.2, 0.25) is 5.91 Å². The molecule has 4 nitrogen and oxygen atoms in total. The van der Waals surface area contributed by atoms with Crippen LogP contribution in [0.2, 0.25) is 0 Å². The molecule has 1 aromatic carbocycles. The standard InChI is InChI=1S/C15H17BrN2O2/c16-10-7-9-4-6-20-13(9)11(8-10)14-17-15(19)12-3-1-2-5-18(12)14/h7-8,12,14H,1-6H2,(H,17,19)/t12-,14-/m1/s1. The lowest BCUT2D eigenvalue weighted by atomic mass is 10.0. The number of nitrogens with zero attached hydrogens (tertiary/aromatic N) is 1. The van der Waals surface area contributed by atoms with Crippen molar-refractivity contribution in [1.82, 2.24) is 10.2 Å². The molecule has 0 radical (unpaired) electrons. The Morgan fingerprint density at radius 1 is 1.35 bits per heavy atom. The third-order valence-corrected chi connectivity index (χ3v) is 4.99. The van der Waals surface area contributed by atoms with Gasteiger partial charge in [-0.15, -0.1) is 0 Å². The van der Waals surface area contributed by atoms with E-state index in [0.29, 0.717) is 0 Å². The number of nitrogens with one attached hydrogen (secondary N) is 1. The maximum absolute atomic E-state index is 12.2. The first kappa shape index (κ1) is 12.7. The fraction of sp³-hybridized carbons (Fsp3) is 0.533. The van der Waals surface area contributed by atoms with E-state index in [-0.39, 0.29) is 18.1 Å². The van der Waals surface area contributed by atoms with Crippen LogP contribution in [0.3, 0.4) is 0 Å². The zero-order valence-corrected chi connectivity index (χ0v) is 12.8. The molecule has 1 amide bonds. The van der Waals surface area contributed by atoms with E-state index in [4.69, 9.17) is 4.74 Å². The number of fused-ring (bicyclic) bond motifs is 2. The summed E-state index contributed by atoms with van der Waals surface area (Å²) in [6, 6.07) is 4.26. The molecular formula is C15H17BrN2O2. The molecule has 2 atom stereocenters. The quantitative estimate of drug-likeness (QED) is 0.856. The van der Waals surface area contributed by atoms with E-state index >= 15 is 0 Å². The third kappa shape index (κ3) is 1.87. The SMILES string of the molecule is O=C1N[C@@H](c2cc(Br)cc3c2OCC3)N2CCCC[C@H]12. The van der Waals surface area contributed by atoms with E-state index in [2.05, 4.69) is 38.3 Å². The smallest absolute Gasteiger partial charge is 0.238 e. The van der Waals surface area contributed by atoms with Gasteiger partial charge in [-0.2, -0.15) is 0 Å². The number of piperidine rings is 1. The Balaban J connectivity index is 1.76. The number of benzene rings is 1. The summed E-state index contributed by atoms with van der Waals surface area (Å²) in [4.78, 5) is 14.5. The number of halogens is 1. The van der Waals surface area contributed by atoms with Gasteiger partial charge in [-0.05, 0) is 30.5 Å².